The number of hydrogen-bond donors (Lipinski definition) is 1. The Labute approximate surface area is 121 Å². The van der Waals surface area contributed by atoms with Gasteiger partial charge in [0.2, 0.25) is 0 Å². The smallest absolute Gasteiger partial charge is 0.420 e. The number of nitrogens with zero attached hydrogens (tertiary/aromatic N) is 1. The number of rotatable bonds is 6. The first-order valence-corrected chi connectivity index (χ1v) is 6.87. The van der Waals surface area contributed by atoms with Crippen molar-refractivity contribution < 1.29 is 17.9 Å². The van der Waals surface area contributed by atoms with Crippen LogP contribution in [0.1, 0.15) is 30.9 Å². The van der Waals surface area contributed by atoms with E-state index in [9.17, 15) is 13.2 Å². The number of halogens is 3. The van der Waals surface area contributed by atoms with Crippen LogP contribution in [0.15, 0.2) is 18.2 Å². The van der Waals surface area contributed by atoms with Gasteiger partial charge in [-0.05, 0) is 31.0 Å². The summed E-state index contributed by atoms with van der Waals surface area (Å²) in [4.78, 5) is 0. The highest BCUT2D eigenvalue weighted by atomic mass is 19.4. The Balaban J connectivity index is 1.99. The summed E-state index contributed by atoms with van der Waals surface area (Å²) in [6, 6.07) is 5.63. The van der Waals surface area contributed by atoms with Crippen molar-refractivity contribution in [1.29, 1.82) is 5.26 Å². The van der Waals surface area contributed by atoms with E-state index in [0.29, 0.717) is 6.04 Å². The van der Waals surface area contributed by atoms with Crippen molar-refractivity contribution in [2.24, 2.45) is 5.92 Å². The van der Waals surface area contributed by atoms with Gasteiger partial charge in [0.25, 0.3) is 0 Å². The highest BCUT2D eigenvalue weighted by Gasteiger charge is 2.34. The van der Waals surface area contributed by atoms with E-state index in [1.54, 1.807) is 6.07 Å². The average Bonchev–Trinajstić information content (AvgIpc) is 3.26. The number of ether oxygens (including phenoxy) is 1. The van der Waals surface area contributed by atoms with E-state index in [0.717, 1.165) is 12.6 Å². The van der Waals surface area contributed by atoms with Crippen molar-refractivity contribution >= 4 is 0 Å². The third-order valence-corrected chi connectivity index (χ3v) is 3.27. The molecular formula is C15H17F3N2O. The van der Waals surface area contributed by atoms with Gasteiger partial charge in [-0.15, -0.1) is 0 Å². The molecule has 6 heteroatoms. The van der Waals surface area contributed by atoms with Crippen LogP contribution in [0.3, 0.4) is 0 Å². The van der Waals surface area contributed by atoms with Crippen molar-refractivity contribution in [3.8, 4) is 11.8 Å². The first kappa shape index (κ1) is 15.6. The summed E-state index contributed by atoms with van der Waals surface area (Å²) in [5.74, 6) is -0.109. The summed E-state index contributed by atoms with van der Waals surface area (Å²) in [6.07, 6.45) is -2.19. The van der Waals surface area contributed by atoms with Gasteiger partial charge < -0.3 is 10.1 Å². The fraction of sp³-hybridized carbons (Fsp3) is 0.533. The van der Waals surface area contributed by atoms with Crippen molar-refractivity contribution in [3.05, 3.63) is 29.3 Å². The molecule has 1 aliphatic rings. The van der Waals surface area contributed by atoms with Crippen LogP contribution in [0.2, 0.25) is 0 Å². The summed E-state index contributed by atoms with van der Waals surface area (Å²) in [5, 5.41) is 12.0. The van der Waals surface area contributed by atoms with E-state index >= 15 is 0 Å². The van der Waals surface area contributed by atoms with Gasteiger partial charge in [-0.1, -0.05) is 6.92 Å². The molecule has 0 spiro atoms. The van der Waals surface area contributed by atoms with Gasteiger partial charge in [-0.2, -0.15) is 18.4 Å². The van der Waals surface area contributed by atoms with Gasteiger partial charge in [-0.25, -0.2) is 0 Å². The summed E-state index contributed by atoms with van der Waals surface area (Å²) in [7, 11) is 0. The van der Waals surface area contributed by atoms with E-state index in [1.807, 2.05) is 6.92 Å². The van der Waals surface area contributed by atoms with E-state index in [-0.39, 0.29) is 23.8 Å². The number of alkyl halides is 3. The van der Waals surface area contributed by atoms with Crippen LogP contribution in [0.5, 0.6) is 5.75 Å². The molecule has 0 bridgehead atoms. The molecule has 1 aliphatic carbocycles. The highest BCUT2D eigenvalue weighted by Crippen LogP contribution is 2.36. The van der Waals surface area contributed by atoms with Crippen molar-refractivity contribution in [2.75, 3.05) is 13.2 Å². The molecule has 0 radical (unpaired) electrons. The molecule has 0 heterocycles. The molecule has 0 aromatic heterocycles. The van der Waals surface area contributed by atoms with E-state index in [4.69, 9.17) is 10.00 Å². The Kier molecular flexibility index (Phi) is 4.73. The van der Waals surface area contributed by atoms with Crippen LogP contribution in [0.25, 0.3) is 0 Å². The molecule has 1 N–H and O–H groups in total. The Bertz CT molecular complexity index is 533. The lowest BCUT2D eigenvalue weighted by atomic mass is 10.1. The summed E-state index contributed by atoms with van der Waals surface area (Å²) in [6.45, 7) is 2.85. The maximum Gasteiger partial charge on any atom is 0.420 e. The lowest BCUT2D eigenvalue weighted by molar-refractivity contribution is -0.139. The minimum atomic E-state index is -4.53. The second-order valence-electron chi connectivity index (χ2n) is 5.42. The molecule has 1 aromatic carbocycles. The lowest BCUT2D eigenvalue weighted by Crippen LogP contribution is -2.27. The molecule has 1 unspecified atom stereocenters. The zero-order valence-corrected chi connectivity index (χ0v) is 11.7. The molecule has 0 saturated heterocycles. The van der Waals surface area contributed by atoms with Gasteiger partial charge in [0.1, 0.15) is 5.75 Å². The lowest BCUT2D eigenvalue weighted by Gasteiger charge is -2.17. The van der Waals surface area contributed by atoms with Gasteiger partial charge in [0, 0.05) is 18.5 Å². The topological polar surface area (TPSA) is 45.0 Å². The van der Waals surface area contributed by atoms with Crippen molar-refractivity contribution in [1.82, 2.24) is 5.32 Å². The number of nitrogens with one attached hydrogen (secondary N) is 1. The third-order valence-electron chi connectivity index (χ3n) is 3.27. The monoisotopic (exact) mass is 298 g/mol. The quantitative estimate of drug-likeness (QED) is 0.876. The molecule has 0 amide bonds. The number of hydrogen-bond acceptors (Lipinski definition) is 3. The molecule has 1 saturated carbocycles. The van der Waals surface area contributed by atoms with Crippen LogP contribution in [0.4, 0.5) is 13.2 Å². The molecule has 1 aromatic rings. The van der Waals surface area contributed by atoms with Crippen LogP contribution < -0.4 is 10.1 Å². The van der Waals surface area contributed by atoms with Gasteiger partial charge >= 0.3 is 6.18 Å². The van der Waals surface area contributed by atoms with Crippen LogP contribution in [-0.4, -0.2) is 19.2 Å². The number of benzene rings is 1. The molecule has 3 nitrogen and oxygen atoms in total. The maximum absolute atomic E-state index is 12.9. The van der Waals surface area contributed by atoms with Gasteiger partial charge in [0.15, 0.2) is 0 Å². The van der Waals surface area contributed by atoms with Crippen LogP contribution in [0, 0.1) is 17.2 Å². The Morgan fingerprint density at radius 1 is 1.43 bits per heavy atom. The second kappa shape index (κ2) is 6.35. The SMILES string of the molecule is CC(CNC1CC1)COc1ccc(C#N)cc1C(F)(F)F. The highest BCUT2D eigenvalue weighted by molar-refractivity contribution is 5.43. The molecule has 1 atom stereocenters. The number of nitriles is 1. The minimum Gasteiger partial charge on any atom is -0.493 e. The van der Waals surface area contributed by atoms with E-state index in [2.05, 4.69) is 5.32 Å². The van der Waals surface area contributed by atoms with Crippen molar-refractivity contribution in [3.63, 3.8) is 0 Å². The third kappa shape index (κ3) is 4.64. The zero-order chi connectivity index (χ0) is 15.5. The first-order valence-electron chi connectivity index (χ1n) is 6.87. The Hall–Kier alpha value is -1.74. The Morgan fingerprint density at radius 2 is 2.14 bits per heavy atom. The second-order valence-corrected chi connectivity index (χ2v) is 5.42. The summed E-state index contributed by atoms with van der Waals surface area (Å²) >= 11 is 0. The fourth-order valence-electron chi connectivity index (χ4n) is 1.89. The molecule has 1 fully saturated rings. The van der Waals surface area contributed by atoms with Crippen molar-refractivity contribution in [2.45, 2.75) is 32.0 Å². The molecule has 2 rings (SSSR count). The zero-order valence-electron chi connectivity index (χ0n) is 11.7. The largest absolute Gasteiger partial charge is 0.493 e. The summed E-state index contributed by atoms with van der Waals surface area (Å²) in [5.41, 5.74) is -0.929. The summed E-state index contributed by atoms with van der Waals surface area (Å²) < 4.78 is 44.2. The van der Waals surface area contributed by atoms with E-state index < -0.39 is 11.7 Å². The minimum absolute atomic E-state index is 0.0295. The fourth-order valence-corrected chi connectivity index (χ4v) is 1.89. The standard InChI is InChI=1S/C15H17F3N2O/c1-10(8-20-12-3-4-12)9-21-14-5-2-11(7-19)6-13(14)15(16,17)18/h2,5-6,10,12,20H,3-4,8-9H2,1H3. The van der Waals surface area contributed by atoms with Gasteiger partial charge in [0.05, 0.1) is 23.8 Å². The van der Waals surface area contributed by atoms with Crippen LogP contribution in [-0.2, 0) is 6.18 Å². The molecule has 114 valence electrons. The maximum atomic E-state index is 12.9. The average molecular weight is 298 g/mol. The Morgan fingerprint density at radius 3 is 2.71 bits per heavy atom. The normalized spacial score (nSPS) is 16.3. The molecular weight excluding hydrogens is 281 g/mol. The molecule has 0 aliphatic heterocycles. The first-order chi connectivity index (χ1) is 9.90. The predicted octanol–water partition coefficient (Wildman–Crippen LogP) is 3.34. The van der Waals surface area contributed by atoms with Crippen LogP contribution >= 0.6 is 0 Å². The predicted molar refractivity (Wildman–Crippen MR) is 71.8 cm³/mol. The van der Waals surface area contributed by atoms with Gasteiger partial charge in [-0.3, -0.25) is 0 Å². The van der Waals surface area contributed by atoms with E-state index in [1.165, 1.54) is 25.0 Å². The molecule has 21 heavy (non-hydrogen) atoms.